The molecule has 1 aromatic carbocycles. The van der Waals surface area contributed by atoms with Crippen LogP contribution in [0.15, 0.2) is 59.1 Å². The Morgan fingerprint density at radius 3 is 2.68 bits per heavy atom. The third kappa shape index (κ3) is 4.09. The lowest BCUT2D eigenvalue weighted by Crippen LogP contribution is -2.11. The molecule has 0 fully saturated rings. The molecule has 1 amide bonds. The Hall–Kier alpha value is -2.58. The van der Waals surface area contributed by atoms with Gasteiger partial charge in [-0.3, -0.25) is 9.78 Å². The van der Waals surface area contributed by atoms with Crippen LogP contribution in [0.2, 0.25) is 0 Å². The summed E-state index contributed by atoms with van der Waals surface area (Å²) < 4.78 is 36.8. The van der Waals surface area contributed by atoms with Crippen LogP contribution in [0.5, 0.6) is 0 Å². The number of hydrogen-bond donors (Lipinski definition) is 1. The Kier molecular flexibility index (Phi) is 4.65. The van der Waals surface area contributed by atoms with Crippen molar-refractivity contribution in [3.63, 3.8) is 0 Å². The van der Waals surface area contributed by atoms with E-state index in [4.69, 9.17) is 0 Å². The summed E-state index contributed by atoms with van der Waals surface area (Å²) in [5.74, 6) is -1.18. The zero-order chi connectivity index (χ0) is 18.0. The number of nitrogens with one attached hydrogen (secondary N) is 1. The van der Waals surface area contributed by atoms with Gasteiger partial charge < -0.3 is 5.32 Å². The van der Waals surface area contributed by atoms with Crippen molar-refractivity contribution >= 4 is 32.8 Å². The Labute approximate surface area is 148 Å². The van der Waals surface area contributed by atoms with Crippen molar-refractivity contribution in [3.8, 4) is 11.1 Å². The molecule has 0 aliphatic heterocycles. The highest BCUT2D eigenvalue weighted by Gasteiger charge is 2.14. The van der Waals surface area contributed by atoms with Crippen molar-refractivity contribution in [2.45, 2.75) is 4.90 Å². The van der Waals surface area contributed by atoms with E-state index >= 15 is 0 Å². The fourth-order valence-electron chi connectivity index (χ4n) is 2.18. The molecule has 0 saturated carbocycles. The van der Waals surface area contributed by atoms with E-state index in [2.05, 4.69) is 10.3 Å². The number of aromatic nitrogens is 1. The fraction of sp³-hybridized carbons (Fsp3) is 0.0588. The van der Waals surface area contributed by atoms with Gasteiger partial charge in [-0.15, -0.1) is 11.3 Å². The van der Waals surface area contributed by atoms with Crippen LogP contribution < -0.4 is 5.32 Å². The molecule has 8 heteroatoms. The number of pyridine rings is 1. The monoisotopic (exact) mass is 376 g/mol. The molecule has 0 aliphatic carbocycles. The van der Waals surface area contributed by atoms with Crippen LogP contribution in [0.3, 0.4) is 0 Å². The van der Waals surface area contributed by atoms with Gasteiger partial charge in [-0.05, 0) is 41.3 Å². The molecule has 0 saturated heterocycles. The summed E-state index contributed by atoms with van der Waals surface area (Å²) in [6.07, 6.45) is 4.33. The number of sulfone groups is 1. The van der Waals surface area contributed by atoms with Gasteiger partial charge in [-0.2, -0.15) is 0 Å². The Balaban J connectivity index is 1.84. The van der Waals surface area contributed by atoms with E-state index in [0.29, 0.717) is 4.88 Å². The van der Waals surface area contributed by atoms with E-state index in [1.807, 2.05) is 11.4 Å². The first-order valence-corrected chi connectivity index (χ1v) is 9.91. The van der Waals surface area contributed by atoms with E-state index in [0.717, 1.165) is 29.5 Å². The van der Waals surface area contributed by atoms with Gasteiger partial charge in [-0.1, -0.05) is 6.07 Å². The van der Waals surface area contributed by atoms with Crippen molar-refractivity contribution in [1.82, 2.24) is 4.98 Å². The molecule has 128 valence electrons. The summed E-state index contributed by atoms with van der Waals surface area (Å²) >= 11 is 1.23. The second-order valence-corrected chi connectivity index (χ2v) is 8.27. The van der Waals surface area contributed by atoms with E-state index in [-0.39, 0.29) is 10.6 Å². The quantitative estimate of drug-likeness (QED) is 0.755. The van der Waals surface area contributed by atoms with Crippen molar-refractivity contribution in [3.05, 3.63) is 64.9 Å². The molecular formula is C17H13FN2O3S2. The lowest BCUT2D eigenvalue weighted by molar-refractivity contribution is 0.103. The maximum atomic E-state index is 13.6. The summed E-state index contributed by atoms with van der Waals surface area (Å²) in [6, 6.07) is 8.59. The average Bonchev–Trinajstić information content (AvgIpc) is 3.04. The molecule has 2 heterocycles. The number of thiophene rings is 1. The molecule has 2 aromatic heterocycles. The topological polar surface area (TPSA) is 76.1 Å². The molecule has 0 unspecified atom stereocenters. The molecule has 1 N–H and O–H groups in total. The number of benzene rings is 1. The number of carbonyl (C=O) groups is 1. The standard InChI is InChI=1S/C17H13FN2O3S2/c1-25(22,23)15-7-13(18)6-14(8-15)20-17(21)16-5-12(10-24-16)11-3-2-4-19-9-11/h2-10H,1H3,(H,20,21). The zero-order valence-corrected chi connectivity index (χ0v) is 14.7. The van der Waals surface area contributed by atoms with E-state index in [1.165, 1.54) is 17.4 Å². The molecule has 0 spiro atoms. The summed E-state index contributed by atoms with van der Waals surface area (Å²) in [7, 11) is -3.58. The maximum absolute atomic E-state index is 13.6. The first kappa shape index (κ1) is 17.2. The van der Waals surface area contributed by atoms with Gasteiger partial charge in [0.05, 0.1) is 9.77 Å². The highest BCUT2D eigenvalue weighted by molar-refractivity contribution is 7.90. The molecule has 25 heavy (non-hydrogen) atoms. The zero-order valence-electron chi connectivity index (χ0n) is 13.1. The molecule has 0 radical (unpaired) electrons. The van der Waals surface area contributed by atoms with Crippen molar-refractivity contribution < 1.29 is 17.6 Å². The third-order valence-electron chi connectivity index (χ3n) is 3.38. The minimum atomic E-state index is -3.58. The summed E-state index contributed by atoms with van der Waals surface area (Å²) in [5.41, 5.74) is 1.81. The Morgan fingerprint density at radius 2 is 2.00 bits per heavy atom. The van der Waals surface area contributed by atoms with Crippen molar-refractivity contribution in [1.29, 1.82) is 0 Å². The lowest BCUT2D eigenvalue weighted by Gasteiger charge is -2.06. The third-order valence-corrected chi connectivity index (χ3v) is 5.40. The van der Waals surface area contributed by atoms with Crippen molar-refractivity contribution in [2.24, 2.45) is 0 Å². The molecule has 5 nitrogen and oxygen atoms in total. The van der Waals surface area contributed by atoms with Gasteiger partial charge in [0.25, 0.3) is 5.91 Å². The Morgan fingerprint density at radius 1 is 1.20 bits per heavy atom. The molecule has 0 aliphatic rings. The first-order valence-electron chi connectivity index (χ1n) is 7.14. The van der Waals surface area contributed by atoms with Crippen LogP contribution in [-0.2, 0) is 9.84 Å². The molecule has 3 rings (SSSR count). The first-order chi connectivity index (χ1) is 11.8. The normalized spacial score (nSPS) is 11.3. The summed E-state index contributed by atoms with van der Waals surface area (Å²) in [6.45, 7) is 0. The van der Waals surface area contributed by atoms with Crippen LogP contribution >= 0.6 is 11.3 Å². The predicted octanol–water partition coefficient (Wildman–Crippen LogP) is 3.61. The smallest absolute Gasteiger partial charge is 0.265 e. The highest BCUT2D eigenvalue weighted by atomic mass is 32.2. The van der Waals surface area contributed by atoms with Gasteiger partial charge in [0.1, 0.15) is 5.82 Å². The van der Waals surface area contributed by atoms with Gasteiger partial charge >= 0.3 is 0 Å². The van der Waals surface area contributed by atoms with Crippen LogP contribution in [0, 0.1) is 5.82 Å². The number of nitrogens with zero attached hydrogens (tertiary/aromatic N) is 1. The largest absolute Gasteiger partial charge is 0.321 e. The van der Waals surface area contributed by atoms with Gasteiger partial charge in [-0.25, -0.2) is 12.8 Å². The van der Waals surface area contributed by atoms with Crippen LogP contribution in [0.1, 0.15) is 9.67 Å². The highest BCUT2D eigenvalue weighted by Crippen LogP contribution is 2.26. The molecule has 0 bridgehead atoms. The lowest BCUT2D eigenvalue weighted by atomic mass is 10.1. The summed E-state index contributed by atoms with van der Waals surface area (Å²) in [5, 5.41) is 4.35. The molecule has 3 aromatic rings. The number of halogens is 1. The van der Waals surface area contributed by atoms with Crippen LogP contribution in [0.4, 0.5) is 10.1 Å². The maximum Gasteiger partial charge on any atom is 0.265 e. The van der Waals surface area contributed by atoms with Gasteiger partial charge in [0, 0.05) is 29.9 Å². The number of carbonyl (C=O) groups excluding carboxylic acids is 1. The van der Waals surface area contributed by atoms with E-state index in [9.17, 15) is 17.6 Å². The predicted molar refractivity (Wildman–Crippen MR) is 95.0 cm³/mol. The Bertz CT molecular complexity index is 1030. The minimum absolute atomic E-state index is 0.0850. The second-order valence-electron chi connectivity index (χ2n) is 5.34. The number of hydrogen-bond acceptors (Lipinski definition) is 5. The van der Waals surface area contributed by atoms with E-state index in [1.54, 1.807) is 24.5 Å². The molecular weight excluding hydrogens is 363 g/mol. The van der Waals surface area contributed by atoms with Crippen molar-refractivity contribution in [2.75, 3.05) is 11.6 Å². The number of rotatable bonds is 4. The number of anilines is 1. The fourth-order valence-corrected chi connectivity index (χ4v) is 3.66. The van der Waals surface area contributed by atoms with Crippen LogP contribution in [0.25, 0.3) is 11.1 Å². The summed E-state index contributed by atoms with van der Waals surface area (Å²) in [4.78, 5) is 16.6. The average molecular weight is 376 g/mol. The number of amides is 1. The minimum Gasteiger partial charge on any atom is -0.321 e. The van der Waals surface area contributed by atoms with Gasteiger partial charge in [0.2, 0.25) is 0 Å². The molecule has 0 atom stereocenters. The van der Waals surface area contributed by atoms with E-state index < -0.39 is 21.6 Å². The SMILES string of the molecule is CS(=O)(=O)c1cc(F)cc(NC(=O)c2cc(-c3cccnc3)cs2)c1. The second kappa shape index (κ2) is 6.73. The van der Waals surface area contributed by atoms with Crippen LogP contribution in [-0.4, -0.2) is 25.6 Å². The van der Waals surface area contributed by atoms with Gasteiger partial charge in [0.15, 0.2) is 9.84 Å².